The Morgan fingerprint density at radius 1 is 0.455 bits per heavy atom. The van der Waals surface area contributed by atoms with Crippen LogP contribution in [0.5, 0.6) is 0 Å². The van der Waals surface area contributed by atoms with Gasteiger partial charge in [0, 0.05) is 0 Å². The summed E-state index contributed by atoms with van der Waals surface area (Å²) < 4.78 is 0. The highest BCUT2D eigenvalue weighted by Crippen LogP contribution is 2.60. The van der Waals surface area contributed by atoms with E-state index in [1.54, 1.807) is 70.6 Å². The summed E-state index contributed by atoms with van der Waals surface area (Å²) in [5.41, 5.74) is 0. The second-order valence-corrected chi connectivity index (χ2v) is 9.60. The van der Waals surface area contributed by atoms with Gasteiger partial charge in [-0.25, -0.2) is 0 Å². The fraction of sp³-hybridized carbons (Fsp3) is 0.955. The monoisotopic (exact) mass is 299 g/mol. The summed E-state index contributed by atoms with van der Waals surface area (Å²) in [6.45, 7) is 0. The van der Waals surface area contributed by atoms with Crippen LogP contribution in [-0.4, -0.2) is 0 Å². The smallest absolute Gasteiger partial charge is 0.0323 e. The quantitative estimate of drug-likeness (QED) is 0.495. The lowest BCUT2D eigenvalue weighted by Gasteiger charge is -2.57. The van der Waals surface area contributed by atoms with Gasteiger partial charge in [-0.3, -0.25) is 0 Å². The molecule has 8 atom stereocenters. The summed E-state index contributed by atoms with van der Waals surface area (Å²) in [5, 5.41) is 0. The predicted octanol–water partition coefficient (Wildman–Crippen LogP) is 6.26. The van der Waals surface area contributed by atoms with E-state index in [-0.39, 0.29) is 0 Å². The van der Waals surface area contributed by atoms with E-state index >= 15 is 0 Å². The van der Waals surface area contributed by atoms with Gasteiger partial charge in [0.05, 0.1) is 0 Å². The zero-order valence-electron chi connectivity index (χ0n) is 14.4. The molecule has 0 bridgehead atoms. The molecule has 22 heavy (non-hydrogen) atoms. The van der Waals surface area contributed by atoms with Crippen molar-refractivity contribution in [3.05, 3.63) is 6.42 Å². The summed E-state index contributed by atoms with van der Waals surface area (Å²) in [4.78, 5) is 0. The number of hydrogen-bond donors (Lipinski definition) is 0. The predicted molar refractivity (Wildman–Crippen MR) is 92.2 cm³/mol. The third-order valence-corrected chi connectivity index (χ3v) is 9.00. The second-order valence-electron chi connectivity index (χ2n) is 9.60. The first kappa shape index (κ1) is 14.4. The first-order valence-corrected chi connectivity index (χ1v) is 10.7. The lowest BCUT2D eigenvalue weighted by Crippen LogP contribution is -2.49. The van der Waals surface area contributed by atoms with Gasteiger partial charge in [-0.2, -0.15) is 0 Å². The summed E-state index contributed by atoms with van der Waals surface area (Å²) in [6, 6.07) is 0. The van der Waals surface area contributed by atoms with Crippen LogP contribution >= 0.6 is 0 Å². The van der Waals surface area contributed by atoms with Crippen LogP contribution in [0.25, 0.3) is 0 Å². The maximum atomic E-state index is 2.79. The van der Waals surface area contributed by atoms with E-state index in [1.165, 1.54) is 12.8 Å². The fourth-order valence-corrected chi connectivity index (χ4v) is 8.22. The Labute approximate surface area is 137 Å². The molecule has 1 radical (unpaired) electrons. The zero-order valence-corrected chi connectivity index (χ0v) is 14.4. The minimum atomic E-state index is 1.04. The van der Waals surface area contributed by atoms with Gasteiger partial charge in [0.2, 0.25) is 0 Å². The molecule has 0 N–H and O–H groups in total. The van der Waals surface area contributed by atoms with Gasteiger partial charge in [-0.1, -0.05) is 32.1 Å². The van der Waals surface area contributed by atoms with Crippen molar-refractivity contribution in [1.29, 1.82) is 0 Å². The van der Waals surface area contributed by atoms with Gasteiger partial charge < -0.3 is 0 Å². The summed E-state index contributed by atoms with van der Waals surface area (Å²) in [5.74, 6) is 8.98. The average Bonchev–Trinajstić information content (AvgIpc) is 2.60. The Hall–Kier alpha value is 0. The van der Waals surface area contributed by atoms with Gasteiger partial charge in [0.25, 0.3) is 0 Å². The molecule has 0 aliphatic heterocycles. The van der Waals surface area contributed by atoms with Crippen LogP contribution in [0.3, 0.4) is 0 Å². The topological polar surface area (TPSA) is 0 Å². The molecule has 0 nitrogen and oxygen atoms in total. The molecule has 5 aliphatic rings. The van der Waals surface area contributed by atoms with Gasteiger partial charge in [0.15, 0.2) is 0 Å². The van der Waals surface area contributed by atoms with Gasteiger partial charge in [-0.05, 0) is 105 Å². The number of fused-ring (bicyclic) bond motifs is 7. The molecular formula is C22H35. The molecule has 5 aliphatic carbocycles. The molecule has 0 aromatic carbocycles. The molecule has 0 spiro atoms. The van der Waals surface area contributed by atoms with Crippen molar-refractivity contribution in [2.24, 2.45) is 47.3 Å². The Bertz CT molecular complexity index is 361. The Kier molecular flexibility index (Phi) is 3.79. The molecule has 0 heteroatoms. The van der Waals surface area contributed by atoms with E-state index in [0.29, 0.717) is 0 Å². The normalized spacial score (nSPS) is 54.5. The fourth-order valence-electron chi connectivity index (χ4n) is 8.22. The minimum Gasteiger partial charge on any atom is -0.0530 e. The van der Waals surface area contributed by atoms with Crippen LogP contribution in [-0.2, 0) is 0 Å². The summed E-state index contributed by atoms with van der Waals surface area (Å²) in [7, 11) is 0. The molecule has 5 saturated carbocycles. The van der Waals surface area contributed by atoms with Crippen LogP contribution in [0.15, 0.2) is 0 Å². The Morgan fingerprint density at radius 2 is 1.09 bits per heavy atom. The highest BCUT2D eigenvalue weighted by molar-refractivity contribution is 5.04. The third kappa shape index (κ3) is 2.22. The number of rotatable bonds is 0. The van der Waals surface area contributed by atoms with Gasteiger partial charge in [0.1, 0.15) is 0 Å². The molecule has 0 heterocycles. The summed E-state index contributed by atoms with van der Waals surface area (Å²) in [6.07, 6.45) is 23.2. The van der Waals surface area contributed by atoms with Crippen LogP contribution in [0.4, 0.5) is 0 Å². The van der Waals surface area contributed by atoms with E-state index in [1.807, 2.05) is 0 Å². The molecule has 5 rings (SSSR count). The van der Waals surface area contributed by atoms with Gasteiger partial charge in [-0.15, -0.1) is 0 Å². The van der Waals surface area contributed by atoms with Crippen LogP contribution < -0.4 is 0 Å². The third-order valence-electron chi connectivity index (χ3n) is 9.00. The van der Waals surface area contributed by atoms with E-state index in [2.05, 4.69) is 6.42 Å². The summed E-state index contributed by atoms with van der Waals surface area (Å²) >= 11 is 0. The van der Waals surface area contributed by atoms with Gasteiger partial charge >= 0.3 is 0 Å². The van der Waals surface area contributed by atoms with Crippen LogP contribution in [0, 0.1) is 53.8 Å². The van der Waals surface area contributed by atoms with Crippen LogP contribution in [0.2, 0.25) is 0 Å². The zero-order chi connectivity index (χ0) is 14.5. The molecule has 8 unspecified atom stereocenters. The molecule has 0 aromatic heterocycles. The lowest BCUT2D eigenvalue weighted by molar-refractivity contribution is -0.0693. The van der Waals surface area contributed by atoms with Crippen molar-refractivity contribution in [3.8, 4) is 0 Å². The van der Waals surface area contributed by atoms with E-state index in [9.17, 15) is 0 Å². The first-order valence-electron chi connectivity index (χ1n) is 10.7. The van der Waals surface area contributed by atoms with E-state index in [4.69, 9.17) is 0 Å². The lowest BCUT2D eigenvalue weighted by atomic mass is 9.48. The SMILES string of the molecule is [CH]1CCCC2CCC3C(CCC4C5CCCCC5CCC43)C12. The van der Waals surface area contributed by atoms with E-state index in [0.717, 1.165) is 47.3 Å². The maximum absolute atomic E-state index is 2.79. The molecular weight excluding hydrogens is 264 g/mol. The molecule has 0 aromatic rings. The minimum absolute atomic E-state index is 1.04. The molecule has 123 valence electrons. The van der Waals surface area contributed by atoms with Crippen molar-refractivity contribution >= 4 is 0 Å². The standard InChI is InChI=1S/C22H35/c1-3-7-17-15(5-1)9-11-21-19(17)13-14-20-18-8-4-2-6-16(18)10-12-22(20)21/h7,15-22H,1-6,8-14H2. The van der Waals surface area contributed by atoms with E-state index < -0.39 is 0 Å². The van der Waals surface area contributed by atoms with Crippen molar-refractivity contribution in [3.63, 3.8) is 0 Å². The average molecular weight is 300 g/mol. The van der Waals surface area contributed by atoms with Crippen molar-refractivity contribution in [2.45, 2.75) is 83.5 Å². The highest BCUT2D eigenvalue weighted by Gasteiger charge is 2.51. The van der Waals surface area contributed by atoms with Crippen molar-refractivity contribution in [2.75, 3.05) is 0 Å². The largest absolute Gasteiger partial charge is 0.0530 e. The first-order chi connectivity index (χ1) is 10.9. The number of hydrogen-bond acceptors (Lipinski definition) is 0. The Morgan fingerprint density at radius 3 is 2.05 bits per heavy atom. The Balaban J connectivity index is 1.36. The molecule has 5 fully saturated rings. The molecule has 0 amide bonds. The maximum Gasteiger partial charge on any atom is -0.0323 e. The van der Waals surface area contributed by atoms with Crippen LogP contribution in [0.1, 0.15) is 83.5 Å². The van der Waals surface area contributed by atoms with Crippen molar-refractivity contribution < 1.29 is 0 Å². The van der Waals surface area contributed by atoms with Crippen molar-refractivity contribution in [1.82, 2.24) is 0 Å². The highest BCUT2D eigenvalue weighted by atomic mass is 14.6. The molecule has 0 saturated heterocycles. The second kappa shape index (κ2) is 5.82.